The van der Waals surface area contributed by atoms with Crippen LogP contribution in [0.5, 0.6) is 0 Å². The van der Waals surface area contributed by atoms with E-state index in [1.165, 1.54) is 56.2 Å². The SMILES string of the molecule is CN1CCC[C@H]1CCNS(=O)(=O)c1ccc(N)cc1-c1ccc2c(c1)CN(CC1CCCCC1)CC2.O.O=C(O)/C=C/C(=O)O.O=C(O)/C=C/C(=O)O. The lowest BCUT2D eigenvalue weighted by molar-refractivity contribution is -0.134. The van der Waals surface area contributed by atoms with Crippen LogP contribution < -0.4 is 10.5 Å². The Morgan fingerprint density at radius 3 is 1.96 bits per heavy atom. The first-order chi connectivity index (χ1) is 24.6. The molecule has 0 aromatic heterocycles. The number of hydrogen-bond donors (Lipinski definition) is 6. The Bertz CT molecular complexity index is 1660. The van der Waals surface area contributed by atoms with Crippen molar-refractivity contribution in [3.8, 4) is 11.1 Å². The highest BCUT2D eigenvalue weighted by Crippen LogP contribution is 2.33. The molecule has 2 aromatic carbocycles. The van der Waals surface area contributed by atoms with Crippen LogP contribution in [-0.4, -0.2) is 107 Å². The Kier molecular flexibility index (Phi) is 18.3. The summed E-state index contributed by atoms with van der Waals surface area (Å²) in [5.41, 5.74) is 11.0. The monoisotopic (exact) mass is 760 g/mol. The third-order valence-electron chi connectivity index (χ3n) is 9.32. The summed E-state index contributed by atoms with van der Waals surface area (Å²) in [5, 5.41) is 31.2. The summed E-state index contributed by atoms with van der Waals surface area (Å²) in [7, 11) is -1.53. The molecule has 5 rings (SSSR count). The minimum atomic E-state index is -3.65. The van der Waals surface area contributed by atoms with Crippen LogP contribution in [0, 0.1) is 5.92 Å². The van der Waals surface area contributed by atoms with Crippen LogP contribution in [0.3, 0.4) is 0 Å². The Morgan fingerprint density at radius 1 is 0.811 bits per heavy atom. The van der Waals surface area contributed by atoms with Crippen molar-refractivity contribution in [3.05, 3.63) is 71.8 Å². The number of fused-ring (bicyclic) bond motifs is 1. The highest BCUT2D eigenvalue weighted by molar-refractivity contribution is 7.89. The van der Waals surface area contributed by atoms with Crippen LogP contribution in [-0.2, 0) is 42.2 Å². The molecule has 0 amide bonds. The Hall–Kier alpha value is -4.61. The number of carbonyl (C=O) groups is 4. The third kappa shape index (κ3) is 15.5. The maximum atomic E-state index is 13.4. The Balaban J connectivity index is 0.000000480. The summed E-state index contributed by atoms with van der Waals surface area (Å²) < 4.78 is 29.6. The van der Waals surface area contributed by atoms with Gasteiger partial charge in [-0.05, 0) is 99.0 Å². The topological polar surface area (TPSA) is 259 Å². The number of carboxylic acids is 4. The average Bonchev–Trinajstić information content (AvgIpc) is 3.51. The van der Waals surface area contributed by atoms with Crippen molar-refractivity contribution in [2.24, 2.45) is 5.92 Å². The van der Waals surface area contributed by atoms with Crippen molar-refractivity contribution in [2.75, 3.05) is 39.0 Å². The minimum Gasteiger partial charge on any atom is -0.478 e. The lowest BCUT2D eigenvalue weighted by Crippen LogP contribution is -2.35. The maximum absolute atomic E-state index is 13.4. The summed E-state index contributed by atoms with van der Waals surface area (Å²) in [4.78, 5) is 43.5. The summed E-state index contributed by atoms with van der Waals surface area (Å²) in [5.74, 6) is -4.20. The van der Waals surface area contributed by atoms with E-state index in [4.69, 9.17) is 26.2 Å². The molecular weight excluding hydrogens is 708 g/mol. The van der Waals surface area contributed by atoms with Gasteiger partial charge in [-0.15, -0.1) is 0 Å². The standard InChI is InChI=1S/C29H42N4O2S.2C4H4O4.H2O/c1-32-16-5-8-27(32)13-15-31-36(34,35)29-12-11-26(30)19-28(29)24-10-9-23-14-17-33(21-25(23)18-24)20-22-6-3-2-4-7-22;2*5-3(6)1-2-4(7)8;/h9-12,18-19,22,27,31H,2-8,13-17,20-21,30H2,1H3;2*1-2H,(H,5,6)(H,7,8);1H2/b;2*2-1+;/t27-;;;/m0.../s1. The van der Waals surface area contributed by atoms with E-state index >= 15 is 0 Å². The van der Waals surface area contributed by atoms with Crippen molar-refractivity contribution in [3.63, 3.8) is 0 Å². The molecular formula is C37H52N4O11S. The van der Waals surface area contributed by atoms with Gasteiger partial charge in [0.05, 0.1) is 4.90 Å². The van der Waals surface area contributed by atoms with Gasteiger partial charge in [0.15, 0.2) is 0 Å². The van der Waals surface area contributed by atoms with E-state index in [9.17, 15) is 27.6 Å². The van der Waals surface area contributed by atoms with Crippen LogP contribution in [0.2, 0.25) is 0 Å². The molecule has 1 atom stereocenters. The van der Waals surface area contributed by atoms with Gasteiger partial charge in [-0.1, -0.05) is 31.4 Å². The van der Waals surface area contributed by atoms with Gasteiger partial charge in [-0.3, -0.25) is 4.90 Å². The van der Waals surface area contributed by atoms with Crippen LogP contribution in [0.25, 0.3) is 11.1 Å². The summed E-state index contributed by atoms with van der Waals surface area (Å²) >= 11 is 0. The number of hydrogen-bond acceptors (Lipinski definition) is 9. The Morgan fingerprint density at radius 2 is 1.42 bits per heavy atom. The van der Waals surface area contributed by atoms with Crippen molar-refractivity contribution in [1.82, 2.24) is 14.5 Å². The highest BCUT2D eigenvalue weighted by Gasteiger charge is 2.25. The number of nitrogens with zero attached hydrogens (tertiary/aromatic N) is 2. The second kappa shape index (κ2) is 21.8. The van der Waals surface area contributed by atoms with Gasteiger partial charge in [0.25, 0.3) is 0 Å². The van der Waals surface area contributed by atoms with Gasteiger partial charge in [-0.2, -0.15) is 0 Å². The number of anilines is 1. The molecule has 1 aliphatic carbocycles. The van der Waals surface area contributed by atoms with E-state index in [2.05, 4.69) is 39.8 Å². The first-order valence-corrected chi connectivity index (χ1v) is 18.8. The third-order valence-corrected chi connectivity index (χ3v) is 10.8. The number of nitrogens with two attached hydrogens (primary N) is 1. The molecule has 0 radical (unpaired) electrons. The highest BCUT2D eigenvalue weighted by atomic mass is 32.2. The number of nitrogen functional groups attached to an aromatic ring is 1. The predicted molar refractivity (Wildman–Crippen MR) is 200 cm³/mol. The molecule has 9 N–H and O–H groups in total. The van der Waals surface area contributed by atoms with Crippen molar-refractivity contribution in [1.29, 1.82) is 0 Å². The first-order valence-electron chi connectivity index (χ1n) is 17.4. The molecule has 2 aromatic rings. The molecule has 0 bridgehead atoms. The zero-order chi connectivity index (χ0) is 38.3. The first kappa shape index (κ1) is 44.6. The van der Waals surface area contributed by atoms with Crippen molar-refractivity contribution < 1.29 is 53.5 Å². The molecule has 2 heterocycles. The molecule has 1 saturated carbocycles. The van der Waals surface area contributed by atoms with Gasteiger partial charge in [-0.25, -0.2) is 32.3 Å². The molecule has 53 heavy (non-hydrogen) atoms. The van der Waals surface area contributed by atoms with Gasteiger partial charge < -0.3 is 36.5 Å². The zero-order valence-corrected chi connectivity index (χ0v) is 30.8. The van der Waals surface area contributed by atoms with Crippen LogP contribution in [0.4, 0.5) is 5.69 Å². The number of rotatable bonds is 12. The number of sulfonamides is 1. The molecule has 0 spiro atoms. The lowest BCUT2D eigenvalue weighted by Gasteiger charge is -2.33. The van der Waals surface area contributed by atoms with Crippen LogP contribution in [0.1, 0.15) is 62.5 Å². The van der Waals surface area contributed by atoms with Crippen molar-refractivity contribution >= 4 is 39.6 Å². The molecule has 2 fully saturated rings. The smallest absolute Gasteiger partial charge is 0.328 e. The molecule has 1 saturated heterocycles. The van der Waals surface area contributed by atoms with Gasteiger partial charge >= 0.3 is 23.9 Å². The molecule has 0 unspecified atom stereocenters. The number of likely N-dealkylation sites (tertiary alicyclic amines) is 1. The molecule has 2 aliphatic heterocycles. The molecule has 15 nitrogen and oxygen atoms in total. The lowest BCUT2D eigenvalue weighted by atomic mass is 9.88. The molecule has 3 aliphatic rings. The fourth-order valence-electron chi connectivity index (χ4n) is 6.75. The fourth-order valence-corrected chi connectivity index (χ4v) is 8.00. The largest absolute Gasteiger partial charge is 0.478 e. The van der Waals surface area contributed by atoms with E-state index in [-0.39, 0.29) is 5.48 Å². The zero-order valence-electron chi connectivity index (χ0n) is 29.9. The second-order valence-corrected chi connectivity index (χ2v) is 14.9. The summed E-state index contributed by atoms with van der Waals surface area (Å²) in [6.45, 7) is 4.77. The van der Waals surface area contributed by atoms with Crippen LogP contribution >= 0.6 is 0 Å². The van der Waals surface area contributed by atoms with Gasteiger partial charge in [0, 0.05) is 67.8 Å². The summed E-state index contributed by atoms with van der Waals surface area (Å²) in [6, 6.07) is 12.1. The second-order valence-electron chi connectivity index (χ2n) is 13.2. The van der Waals surface area contributed by atoms with Gasteiger partial charge in [0.1, 0.15) is 0 Å². The molecule has 16 heteroatoms. The fraction of sp³-hybridized carbons (Fsp3) is 0.459. The predicted octanol–water partition coefficient (Wildman–Crippen LogP) is 3.24. The summed E-state index contributed by atoms with van der Waals surface area (Å²) in [6.07, 6.45) is 13.3. The number of nitrogens with one attached hydrogen (secondary N) is 1. The van der Waals surface area contributed by atoms with E-state index in [1.807, 2.05) is 6.07 Å². The number of aliphatic carboxylic acids is 4. The van der Waals surface area contributed by atoms with Crippen molar-refractivity contribution in [2.45, 2.75) is 75.3 Å². The number of benzene rings is 2. The Labute approximate surface area is 310 Å². The van der Waals surface area contributed by atoms with E-state index in [0.717, 1.165) is 50.4 Å². The van der Waals surface area contributed by atoms with Crippen LogP contribution in [0.15, 0.2) is 65.6 Å². The quantitative estimate of drug-likeness (QED) is 0.134. The minimum absolute atomic E-state index is 0. The molecule has 292 valence electrons. The maximum Gasteiger partial charge on any atom is 0.328 e. The van der Waals surface area contributed by atoms with E-state index < -0.39 is 33.9 Å². The number of carboxylic acid groups (broad SMARTS) is 4. The van der Waals surface area contributed by atoms with E-state index in [0.29, 0.717) is 53.0 Å². The van der Waals surface area contributed by atoms with E-state index in [1.54, 1.807) is 12.1 Å². The average molecular weight is 761 g/mol. The van der Waals surface area contributed by atoms with Gasteiger partial charge in [0.2, 0.25) is 10.0 Å². The normalized spacial score (nSPS) is 17.9.